The van der Waals surface area contributed by atoms with Crippen molar-refractivity contribution < 1.29 is 26.2 Å². The Labute approximate surface area is 163 Å². The van der Waals surface area contributed by atoms with Crippen LogP contribution in [0.3, 0.4) is 0 Å². The van der Waals surface area contributed by atoms with Crippen LogP contribution in [0.1, 0.15) is 18.6 Å². The molecule has 10 radical (unpaired) electrons. The number of nitrogens with zero attached hydrogens (tertiary/aromatic N) is 1. The first kappa shape index (κ1) is 21.2. The van der Waals surface area contributed by atoms with Gasteiger partial charge in [0.25, 0.3) is 7.52 Å². The van der Waals surface area contributed by atoms with Gasteiger partial charge in [0.15, 0.2) is 0 Å². The van der Waals surface area contributed by atoms with Crippen LogP contribution in [0.15, 0.2) is 30.3 Å². The molecule has 0 spiro atoms. The van der Waals surface area contributed by atoms with Gasteiger partial charge in [-0.25, -0.2) is 4.67 Å². The second kappa shape index (κ2) is 9.72. The summed E-state index contributed by atoms with van der Waals surface area (Å²) in [5, 5.41) is 0. The van der Waals surface area contributed by atoms with Gasteiger partial charge in [-0.15, -0.1) is 0 Å². The minimum atomic E-state index is -2.91. The standard InChI is InChI=1S/C15H17NO2P.C5H5.Fe/c1-12-15(13-8-4-3-5-9-13)18-19(17,16(12)2)14-10-6-7-11-14;1-2-4-5-3-1;/h3-12,15H,1-2H3;1-5H;/q;;+2/t12-,15-,19-;;/m0../s1. The van der Waals surface area contributed by atoms with Crippen molar-refractivity contribution in [3.05, 3.63) is 99.3 Å². The monoisotopic (exact) mass is 395 g/mol. The van der Waals surface area contributed by atoms with E-state index in [-0.39, 0.29) is 29.2 Å². The molecule has 0 bridgehead atoms. The van der Waals surface area contributed by atoms with Gasteiger partial charge in [0.1, 0.15) is 6.10 Å². The van der Waals surface area contributed by atoms with Crippen molar-refractivity contribution in [3.63, 3.8) is 0 Å². The van der Waals surface area contributed by atoms with Gasteiger partial charge >= 0.3 is 17.1 Å². The van der Waals surface area contributed by atoms with Gasteiger partial charge < -0.3 is 4.52 Å². The van der Waals surface area contributed by atoms with Crippen LogP contribution in [0.4, 0.5) is 0 Å². The van der Waals surface area contributed by atoms with Crippen molar-refractivity contribution in [2.24, 2.45) is 0 Å². The van der Waals surface area contributed by atoms with E-state index >= 15 is 0 Å². The molecule has 1 aliphatic heterocycles. The summed E-state index contributed by atoms with van der Waals surface area (Å²) in [6, 6.07) is 10.1. The average Bonchev–Trinajstić information content (AvgIpc) is 3.37. The fourth-order valence-corrected chi connectivity index (χ4v) is 5.24. The minimum absolute atomic E-state index is 0. The number of hydrogen-bond acceptors (Lipinski definition) is 2. The van der Waals surface area contributed by atoms with Gasteiger partial charge in [-0.2, -0.15) is 0 Å². The first-order valence-electron chi connectivity index (χ1n) is 8.08. The summed E-state index contributed by atoms with van der Waals surface area (Å²) in [6.07, 6.45) is 17.4. The molecule has 1 aromatic rings. The maximum absolute atomic E-state index is 13.1. The Morgan fingerprint density at radius 1 is 0.920 bits per heavy atom. The predicted octanol–water partition coefficient (Wildman–Crippen LogP) is 4.65. The Kier molecular flexibility index (Phi) is 8.24. The first-order chi connectivity index (χ1) is 11.6. The summed E-state index contributed by atoms with van der Waals surface area (Å²) in [7, 11) is -1.03. The molecule has 5 heteroatoms. The van der Waals surface area contributed by atoms with Crippen LogP contribution >= 0.6 is 7.52 Å². The summed E-state index contributed by atoms with van der Waals surface area (Å²) in [4.78, 5) is 0. The molecule has 0 amide bonds. The Morgan fingerprint density at radius 3 is 1.96 bits per heavy atom. The Balaban J connectivity index is 0.000000325. The molecule has 1 aromatic carbocycles. The molecule has 3 atom stereocenters. The van der Waals surface area contributed by atoms with E-state index < -0.39 is 7.52 Å². The molecule has 0 unspecified atom stereocenters. The second-order valence-corrected chi connectivity index (χ2v) is 8.28. The smallest absolute Gasteiger partial charge is 0.307 e. The van der Waals surface area contributed by atoms with Crippen LogP contribution in [-0.4, -0.2) is 17.8 Å². The van der Waals surface area contributed by atoms with Crippen molar-refractivity contribution in [3.8, 4) is 0 Å². The quantitative estimate of drug-likeness (QED) is 0.539. The van der Waals surface area contributed by atoms with Gasteiger partial charge in [0, 0.05) is 6.04 Å². The van der Waals surface area contributed by atoms with Crippen molar-refractivity contribution in [1.82, 2.24) is 4.67 Å². The Morgan fingerprint density at radius 2 is 1.44 bits per heavy atom. The molecule has 130 valence electrons. The average molecular weight is 395 g/mol. The molecular weight excluding hydrogens is 373 g/mol. The SMILES string of the molecule is C[C@H]1[C@@H](c2ccccc2)O[P@@](=O)([C]2[CH][CH][CH][CH]2)N1C.[CH]1[CH][CH][CH][CH]1.[Fe+2]. The summed E-state index contributed by atoms with van der Waals surface area (Å²) in [5.74, 6) is 0. The number of rotatable bonds is 2. The van der Waals surface area contributed by atoms with Gasteiger partial charge in [0.05, 0.1) is 5.66 Å². The molecule has 1 saturated heterocycles. The second-order valence-electron chi connectivity index (χ2n) is 5.88. The molecule has 3 nitrogen and oxygen atoms in total. The number of hydrogen-bond donors (Lipinski definition) is 0. The largest absolute Gasteiger partial charge is 2.00 e. The van der Waals surface area contributed by atoms with Crippen LogP contribution in [0, 0.1) is 63.4 Å². The molecule has 0 N–H and O–H groups in total. The Hall–Kier alpha value is -0.111. The molecule has 0 aromatic heterocycles. The van der Waals surface area contributed by atoms with Crippen LogP contribution < -0.4 is 0 Å². The van der Waals surface area contributed by atoms with Crippen LogP contribution in [-0.2, 0) is 26.2 Å². The number of benzene rings is 1. The zero-order valence-corrected chi connectivity index (χ0v) is 16.3. The molecule has 3 fully saturated rings. The van der Waals surface area contributed by atoms with E-state index in [1.807, 2.05) is 99.8 Å². The Bertz CT molecular complexity index is 550. The van der Waals surface area contributed by atoms with Crippen molar-refractivity contribution in [2.75, 3.05) is 7.05 Å². The number of likely N-dealkylation sites (N-methyl/N-ethyl adjacent to an activating group) is 1. The maximum atomic E-state index is 13.1. The minimum Gasteiger partial charge on any atom is -0.307 e. The van der Waals surface area contributed by atoms with Crippen LogP contribution in [0.2, 0.25) is 0 Å². The fourth-order valence-electron chi connectivity index (χ4n) is 2.85. The molecule has 1 heterocycles. The van der Waals surface area contributed by atoms with Crippen molar-refractivity contribution >= 4 is 7.52 Å². The van der Waals surface area contributed by atoms with Gasteiger partial charge in [-0.3, -0.25) is 4.57 Å². The van der Waals surface area contributed by atoms with E-state index in [0.717, 1.165) is 11.2 Å². The van der Waals surface area contributed by atoms with Gasteiger partial charge in [0.2, 0.25) is 0 Å². The van der Waals surface area contributed by atoms with Gasteiger partial charge in [-0.05, 0) is 77.3 Å². The summed E-state index contributed by atoms with van der Waals surface area (Å²) in [5.41, 5.74) is 1.85. The third-order valence-electron chi connectivity index (χ3n) is 4.35. The first-order valence-corrected chi connectivity index (χ1v) is 9.66. The maximum Gasteiger partial charge on any atom is 2.00 e. The van der Waals surface area contributed by atoms with E-state index in [1.54, 1.807) is 0 Å². The fraction of sp³-hybridized carbons (Fsp3) is 0.200. The van der Waals surface area contributed by atoms with Gasteiger partial charge in [-0.1, -0.05) is 30.3 Å². The molecule has 2 aliphatic carbocycles. The normalized spacial score (nSPS) is 32.9. The molecule has 2 saturated carbocycles. The summed E-state index contributed by atoms with van der Waals surface area (Å²) in [6.45, 7) is 2.06. The topological polar surface area (TPSA) is 29.5 Å². The van der Waals surface area contributed by atoms with E-state index in [0.29, 0.717) is 0 Å². The van der Waals surface area contributed by atoms with E-state index in [9.17, 15) is 4.57 Å². The third-order valence-corrected chi connectivity index (χ3v) is 7.01. The molecule has 3 aliphatic rings. The van der Waals surface area contributed by atoms with Crippen LogP contribution in [0.25, 0.3) is 0 Å². The van der Waals surface area contributed by atoms with Crippen molar-refractivity contribution in [2.45, 2.75) is 19.1 Å². The molecular formula is C20H22FeNO2P+2. The zero-order chi connectivity index (χ0) is 17.0. The summed E-state index contributed by atoms with van der Waals surface area (Å²) >= 11 is 0. The third kappa shape index (κ3) is 4.79. The zero-order valence-electron chi connectivity index (χ0n) is 14.3. The van der Waals surface area contributed by atoms with E-state index in [2.05, 4.69) is 6.92 Å². The molecule has 4 rings (SSSR count). The summed E-state index contributed by atoms with van der Waals surface area (Å²) < 4.78 is 21.0. The van der Waals surface area contributed by atoms with Crippen LogP contribution in [0.5, 0.6) is 0 Å². The molecule has 25 heavy (non-hydrogen) atoms. The van der Waals surface area contributed by atoms with Crippen molar-refractivity contribution in [1.29, 1.82) is 0 Å². The predicted molar refractivity (Wildman–Crippen MR) is 97.0 cm³/mol. The van der Waals surface area contributed by atoms with E-state index in [1.165, 1.54) is 0 Å². The van der Waals surface area contributed by atoms with E-state index in [4.69, 9.17) is 4.52 Å².